The summed E-state index contributed by atoms with van der Waals surface area (Å²) in [5, 5.41) is 0. The molecular formula is C14H22F2N2O2S. The minimum Gasteiger partial charge on any atom is -0.375 e. The van der Waals surface area contributed by atoms with Crippen LogP contribution in [0.5, 0.6) is 0 Å². The van der Waals surface area contributed by atoms with Crippen LogP contribution in [0.1, 0.15) is 20.3 Å². The molecule has 1 rings (SSSR count). The van der Waals surface area contributed by atoms with Gasteiger partial charge in [0.2, 0.25) is 9.84 Å². The van der Waals surface area contributed by atoms with Crippen molar-refractivity contribution in [3.05, 3.63) is 24.3 Å². The standard InChI is InChI=1S/C14H22F2N2O2S/c1-10(2)13(17)8-9-18(3)11-4-6-12(7-5-11)21(19,20)14(15)16/h4-7,10,13-14H,8-9,17H2,1-3H3. The first-order chi connectivity index (χ1) is 9.66. The van der Waals surface area contributed by atoms with Gasteiger partial charge in [-0.15, -0.1) is 0 Å². The molecule has 0 bridgehead atoms. The second-order valence-electron chi connectivity index (χ2n) is 5.42. The Hall–Kier alpha value is -1.21. The number of rotatable bonds is 7. The molecule has 120 valence electrons. The highest BCUT2D eigenvalue weighted by molar-refractivity contribution is 7.91. The van der Waals surface area contributed by atoms with E-state index in [-0.39, 0.29) is 10.9 Å². The zero-order valence-electron chi connectivity index (χ0n) is 12.5. The van der Waals surface area contributed by atoms with Crippen molar-refractivity contribution >= 4 is 15.5 Å². The van der Waals surface area contributed by atoms with Crippen LogP contribution in [0.2, 0.25) is 0 Å². The van der Waals surface area contributed by atoms with Gasteiger partial charge in [0.05, 0.1) is 4.90 Å². The van der Waals surface area contributed by atoms with Gasteiger partial charge in [-0.05, 0) is 36.6 Å². The molecule has 0 spiro atoms. The van der Waals surface area contributed by atoms with Crippen molar-refractivity contribution in [2.75, 3.05) is 18.5 Å². The van der Waals surface area contributed by atoms with Crippen molar-refractivity contribution in [1.82, 2.24) is 0 Å². The molecule has 0 aliphatic heterocycles. The minimum atomic E-state index is -4.53. The fourth-order valence-corrected chi connectivity index (χ4v) is 2.52. The number of sulfone groups is 1. The molecule has 1 aromatic carbocycles. The van der Waals surface area contributed by atoms with E-state index in [1.54, 1.807) is 0 Å². The molecule has 1 atom stereocenters. The van der Waals surface area contributed by atoms with Gasteiger partial charge in [0.15, 0.2) is 0 Å². The van der Waals surface area contributed by atoms with Crippen molar-refractivity contribution in [1.29, 1.82) is 0 Å². The molecule has 0 amide bonds. The Balaban J connectivity index is 2.74. The molecule has 0 heterocycles. The summed E-state index contributed by atoms with van der Waals surface area (Å²) in [6.45, 7) is 4.81. The lowest BCUT2D eigenvalue weighted by atomic mass is 10.0. The molecule has 0 aliphatic carbocycles. The predicted molar refractivity (Wildman–Crippen MR) is 80.3 cm³/mol. The molecule has 2 N–H and O–H groups in total. The van der Waals surface area contributed by atoms with Crippen LogP contribution in [-0.4, -0.2) is 33.8 Å². The lowest BCUT2D eigenvalue weighted by Gasteiger charge is -2.23. The van der Waals surface area contributed by atoms with E-state index < -0.39 is 15.6 Å². The second kappa shape index (κ2) is 7.17. The molecule has 1 aromatic rings. The number of anilines is 1. The fourth-order valence-electron chi connectivity index (χ4n) is 1.80. The van der Waals surface area contributed by atoms with Crippen molar-refractivity contribution in [3.8, 4) is 0 Å². The van der Waals surface area contributed by atoms with Gasteiger partial charge in [-0.25, -0.2) is 8.42 Å². The van der Waals surface area contributed by atoms with Gasteiger partial charge in [0.1, 0.15) is 0 Å². The lowest BCUT2D eigenvalue weighted by molar-refractivity contribution is 0.234. The fraction of sp³-hybridized carbons (Fsp3) is 0.571. The van der Waals surface area contributed by atoms with Gasteiger partial charge in [-0.1, -0.05) is 13.8 Å². The summed E-state index contributed by atoms with van der Waals surface area (Å²) in [6, 6.07) is 5.54. The summed E-state index contributed by atoms with van der Waals surface area (Å²) in [6.07, 6.45) is 0.797. The maximum absolute atomic E-state index is 12.4. The van der Waals surface area contributed by atoms with Gasteiger partial charge >= 0.3 is 5.76 Å². The quantitative estimate of drug-likeness (QED) is 0.838. The summed E-state index contributed by atoms with van der Waals surface area (Å²) in [5.74, 6) is -3.01. The summed E-state index contributed by atoms with van der Waals surface area (Å²) in [4.78, 5) is 1.55. The first-order valence-corrected chi connectivity index (χ1v) is 8.29. The van der Waals surface area contributed by atoms with Crippen LogP contribution in [0, 0.1) is 5.92 Å². The van der Waals surface area contributed by atoms with E-state index in [1.807, 2.05) is 11.9 Å². The van der Waals surface area contributed by atoms with Gasteiger partial charge in [-0.3, -0.25) is 0 Å². The average molecular weight is 320 g/mol. The molecule has 7 heteroatoms. The van der Waals surface area contributed by atoms with Crippen LogP contribution >= 0.6 is 0 Å². The van der Waals surface area contributed by atoms with E-state index in [0.29, 0.717) is 12.5 Å². The Kier molecular flexibility index (Phi) is 6.10. The monoisotopic (exact) mass is 320 g/mol. The highest BCUT2D eigenvalue weighted by Gasteiger charge is 2.26. The highest BCUT2D eigenvalue weighted by atomic mass is 32.2. The third-order valence-electron chi connectivity index (χ3n) is 3.49. The molecule has 0 aliphatic rings. The number of nitrogens with zero attached hydrogens (tertiary/aromatic N) is 1. The topological polar surface area (TPSA) is 63.4 Å². The van der Waals surface area contributed by atoms with Gasteiger partial charge in [-0.2, -0.15) is 8.78 Å². The highest BCUT2D eigenvalue weighted by Crippen LogP contribution is 2.22. The third-order valence-corrected chi connectivity index (χ3v) is 4.89. The van der Waals surface area contributed by atoms with Crippen LogP contribution in [-0.2, 0) is 9.84 Å². The predicted octanol–water partition coefficient (Wildman–Crippen LogP) is 2.49. The molecule has 0 saturated carbocycles. The molecule has 0 saturated heterocycles. The van der Waals surface area contributed by atoms with E-state index in [0.717, 1.165) is 12.1 Å². The SMILES string of the molecule is CC(C)C(N)CCN(C)c1ccc(S(=O)(=O)C(F)F)cc1. The number of halogens is 2. The number of nitrogens with two attached hydrogens (primary N) is 1. The van der Waals surface area contributed by atoms with Crippen molar-refractivity contribution in [3.63, 3.8) is 0 Å². The van der Waals surface area contributed by atoms with E-state index in [9.17, 15) is 17.2 Å². The summed E-state index contributed by atoms with van der Waals surface area (Å²) < 4.78 is 47.5. The number of hydrogen-bond donors (Lipinski definition) is 1. The largest absolute Gasteiger partial charge is 0.375 e. The summed E-state index contributed by atoms with van der Waals surface area (Å²) in [5.41, 5.74) is 6.73. The molecular weight excluding hydrogens is 298 g/mol. The van der Waals surface area contributed by atoms with E-state index in [4.69, 9.17) is 5.73 Å². The van der Waals surface area contributed by atoms with Crippen LogP contribution in [0.3, 0.4) is 0 Å². The van der Waals surface area contributed by atoms with Crippen LogP contribution in [0.15, 0.2) is 29.2 Å². The molecule has 0 aromatic heterocycles. The maximum Gasteiger partial charge on any atom is 0.341 e. The summed E-state index contributed by atoms with van der Waals surface area (Å²) in [7, 11) is -2.68. The molecule has 4 nitrogen and oxygen atoms in total. The van der Waals surface area contributed by atoms with Crippen LogP contribution in [0.4, 0.5) is 14.5 Å². The Morgan fingerprint density at radius 3 is 2.14 bits per heavy atom. The van der Waals surface area contributed by atoms with E-state index >= 15 is 0 Å². The van der Waals surface area contributed by atoms with Crippen molar-refractivity contribution < 1.29 is 17.2 Å². The van der Waals surface area contributed by atoms with Crippen molar-refractivity contribution in [2.45, 2.75) is 37.0 Å². The number of alkyl halides is 2. The first-order valence-electron chi connectivity index (χ1n) is 6.75. The Morgan fingerprint density at radius 2 is 1.71 bits per heavy atom. The van der Waals surface area contributed by atoms with Gasteiger partial charge < -0.3 is 10.6 Å². The lowest BCUT2D eigenvalue weighted by Crippen LogP contribution is -2.31. The normalized spacial score (nSPS) is 13.7. The zero-order valence-corrected chi connectivity index (χ0v) is 13.3. The summed E-state index contributed by atoms with van der Waals surface area (Å²) >= 11 is 0. The van der Waals surface area contributed by atoms with Gasteiger partial charge in [0, 0.05) is 25.3 Å². The second-order valence-corrected chi connectivity index (χ2v) is 7.34. The average Bonchev–Trinajstić information content (AvgIpc) is 2.44. The Labute approximate surface area is 124 Å². The van der Waals surface area contributed by atoms with Crippen LogP contribution in [0.25, 0.3) is 0 Å². The number of benzene rings is 1. The van der Waals surface area contributed by atoms with E-state index in [2.05, 4.69) is 13.8 Å². The first kappa shape index (κ1) is 17.8. The minimum absolute atomic E-state index is 0.0888. The van der Waals surface area contributed by atoms with Gasteiger partial charge in [0.25, 0.3) is 0 Å². The number of hydrogen-bond acceptors (Lipinski definition) is 4. The zero-order chi connectivity index (χ0) is 16.2. The molecule has 0 fully saturated rings. The Bertz CT molecular complexity index is 545. The molecule has 0 radical (unpaired) electrons. The van der Waals surface area contributed by atoms with E-state index in [1.165, 1.54) is 24.3 Å². The maximum atomic E-state index is 12.4. The third kappa shape index (κ3) is 4.64. The van der Waals surface area contributed by atoms with Crippen LogP contribution < -0.4 is 10.6 Å². The smallest absolute Gasteiger partial charge is 0.341 e. The Morgan fingerprint density at radius 1 is 1.19 bits per heavy atom. The molecule has 1 unspecified atom stereocenters. The molecule has 21 heavy (non-hydrogen) atoms. The van der Waals surface area contributed by atoms with Crippen molar-refractivity contribution in [2.24, 2.45) is 11.7 Å².